The Bertz CT molecular complexity index is 415. The minimum atomic E-state index is 0.427. The van der Waals surface area contributed by atoms with Gasteiger partial charge in [0.2, 0.25) is 0 Å². The van der Waals surface area contributed by atoms with Crippen molar-refractivity contribution in [1.82, 2.24) is 0 Å². The molecule has 0 amide bonds. The van der Waals surface area contributed by atoms with Crippen LogP contribution in [-0.4, -0.2) is 6.04 Å². The molecule has 1 N–H and O–H groups in total. The largest absolute Gasteiger partial charge is 0.381 e. The molecule has 1 aliphatic rings. The fourth-order valence-corrected chi connectivity index (χ4v) is 3.36. The zero-order chi connectivity index (χ0) is 12.6. The maximum Gasteiger partial charge on any atom is 0.0652 e. The van der Waals surface area contributed by atoms with Crippen molar-refractivity contribution in [2.45, 2.75) is 39.7 Å². The molecule has 0 aliphatic heterocycles. The summed E-state index contributed by atoms with van der Waals surface area (Å²) in [7, 11) is 0. The van der Waals surface area contributed by atoms with Gasteiger partial charge in [-0.05, 0) is 42.4 Å². The Morgan fingerprint density at radius 1 is 1.24 bits per heavy atom. The molecular formula is C14H19Cl2N. The van der Waals surface area contributed by atoms with Gasteiger partial charge in [-0.15, -0.1) is 0 Å². The van der Waals surface area contributed by atoms with E-state index in [2.05, 4.69) is 26.1 Å². The zero-order valence-electron chi connectivity index (χ0n) is 10.6. The summed E-state index contributed by atoms with van der Waals surface area (Å²) in [6.07, 6.45) is 2.45. The summed E-state index contributed by atoms with van der Waals surface area (Å²) in [6, 6.07) is 6.13. The maximum absolute atomic E-state index is 6.18. The highest BCUT2D eigenvalue weighted by atomic mass is 35.5. The summed E-state index contributed by atoms with van der Waals surface area (Å²) in [4.78, 5) is 0. The molecule has 0 radical (unpaired) electrons. The van der Waals surface area contributed by atoms with Crippen LogP contribution < -0.4 is 5.32 Å². The van der Waals surface area contributed by atoms with Gasteiger partial charge in [-0.2, -0.15) is 0 Å². The highest BCUT2D eigenvalue weighted by molar-refractivity contribution is 6.36. The first-order valence-corrected chi connectivity index (χ1v) is 6.84. The molecule has 2 rings (SSSR count). The second kappa shape index (κ2) is 4.70. The molecule has 1 fully saturated rings. The number of benzene rings is 1. The molecule has 1 nitrogen and oxygen atoms in total. The van der Waals surface area contributed by atoms with Crippen molar-refractivity contribution in [3.8, 4) is 0 Å². The normalized spacial score (nSPS) is 27.1. The van der Waals surface area contributed by atoms with Crippen LogP contribution in [0.3, 0.4) is 0 Å². The van der Waals surface area contributed by atoms with Crippen molar-refractivity contribution in [2.75, 3.05) is 5.32 Å². The van der Waals surface area contributed by atoms with Gasteiger partial charge in [-0.25, -0.2) is 0 Å². The maximum atomic E-state index is 6.18. The van der Waals surface area contributed by atoms with Crippen molar-refractivity contribution in [1.29, 1.82) is 0 Å². The fourth-order valence-electron chi connectivity index (χ4n) is 2.89. The second-order valence-corrected chi connectivity index (χ2v) is 6.77. The molecule has 1 aromatic carbocycles. The molecule has 2 atom stereocenters. The van der Waals surface area contributed by atoms with Crippen LogP contribution in [0.2, 0.25) is 10.0 Å². The Balaban J connectivity index is 2.11. The van der Waals surface area contributed by atoms with Gasteiger partial charge in [0, 0.05) is 11.1 Å². The summed E-state index contributed by atoms with van der Waals surface area (Å²) >= 11 is 12.1. The van der Waals surface area contributed by atoms with Gasteiger partial charge in [-0.3, -0.25) is 0 Å². The van der Waals surface area contributed by atoms with E-state index in [1.807, 2.05) is 12.1 Å². The Morgan fingerprint density at radius 3 is 2.47 bits per heavy atom. The smallest absolute Gasteiger partial charge is 0.0652 e. The monoisotopic (exact) mass is 271 g/mol. The molecule has 1 aromatic rings. The van der Waals surface area contributed by atoms with Crippen LogP contribution in [-0.2, 0) is 0 Å². The topological polar surface area (TPSA) is 12.0 Å². The Kier molecular flexibility index (Phi) is 3.61. The lowest BCUT2D eigenvalue weighted by molar-refractivity contribution is 0.366. The van der Waals surface area contributed by atoms with E-state index in [-0.39, 0.29) is 0 Å². The summed E-state index contributed by atoms with van der Waals surface area (Å²) in [5, 5.41) is 4.94. The SMILES string of the molecule is CC1CC(C)(C)CC1Nc1ccc(Cl)cc1Cl. The van der Waals surface area contributed by atoms with Gasteiger partial charge in [0.1, 0.15) is 0 Å². The number of hydrogen-bond acceptors (Lipinski definition) is 1. The predicted molar refractivity (Wildman–Crippen MR) is 76.1 cm³/mol. The van der Waals surface area contributed by atoms with Crippen molar-refractivity contribution in [3.63, 3.8) is 0 Å². The molecule has 0 bridgehead atoms. The van der Waals surface area contributed by atoms with Gasteiger partial charge in [-0.1, -0.05) is 44.0 Å². The Hall–Kier alpha value is -0.400. The summed E-state index contributed by atoms with van der Waals surface area (Å²) in [5.74, 6) is 0.678. The van der Waals surface area contributed by atoms with Crippen LogP contribution in [0, 0.1) is 11.3 Å². The van der Waals surface area contributed by atoms with Crippen LogP contribution in [0.4, 0.5) is 5.69 Å². The lowest BCUT2D eigenvalue weighted by Crippen LogP contribution is -2.22. The molecule has 1 saturated carbocycles. The van der Waals surface area contributed by atoms with Gasteiger partial charge in [0.25, 0.3) is 0 Å². The minimum absolute atomic E-state index is 0.427. The van der Waals surface area contributed by atoms with Crippen molar-refractivity contribution in [2.24, 2.45) is 11.3 Å². The van der Waals surface area contributed by atoms with E-state index in [0.717, 1.165) is 5.69 Å². The predicted octanol–water partition coefficient (Wildman–Crippen LogP) is 5.23. The first-order valence-electron chi connectivity index (χ1n) is 6.09. The standard InChI is InChI=1S/C14H19Cl2N/c1-9-7-14(2,3)8-13(9)17-12-5-4-10(15)6-11(12)16/h4-6,9,13,17H,7-8H2,1-3H3. The molecule has 0 saturated heterocycles. The lowest BCUT2D eigenvalue weighted by atomic mass is 9.91. The van der Waals surface area contributed by atoms with E-state index in [9.17, 15) is 0 Å². The molecular weight excluding hydrogens is 253 g/mol. The Morgan fingerprint density at radius 2 is 1.94 bits per heavy atom. The number of hydrogen-bond donors (Lipinski definition) is 1. The zero-order valence-corrected chi connectivity index (χ0v) is 12.1. The molecule has 3 heteroatoms. The van der Waals surface area contributed by atoms with Crippen molar-refractivity contribution >= 4 is 28.9 Å². The van der Waals surface area contributed by atoms with E-state index >= 15 is 0 Å². The molecule has 0 spiro atoms. The fraction of sp³-hybridized carbons (Fsp3) is 0.571. The van der Waals surface area contributed by atoms with Crippen LogP contribution in [0.1, 0.15) is 33.6 Å². The van der Waals surface area contributed by atoms with Crippen LogP contribution in [0.15, 0.2) is 18.2 Å². The third kappa shape index (κ3) is 3.08. The van der Waals surface area contributed by atoms with Gasteiger partial charge >= 0.3 is 0 Å². The van der Waals surface area contributed by atoms with Crippen LogP contribution >= 0.6 is 23.2 Å². The highest BCUT2D eigenvalue weighted by Gasteiger charge is 2.36. The number of rotatable bonds is 2. The third-order valence-electron chi connectivity index (χ3n) is 3.61. The number of nitrogens with one attached hydrogen (secondary N) is 1. The first kappa shape index (κ1) is 13.0. The first-order chi connectivity index (χ1) is 7.87. The molecule has 1 aliphatic carbocycles. The average Bonchev–Trinajstić information content (AvgIpc) is 2.44. The Labute approximate surface area is 114 Å². The van der Waals surface area contributed by atoms with Gasteiger partial charge in [0.15, 0.2) is 0 Å². The van der Waals surface area contributed by atoms with E-state index in [1.165, 1.54) is 12.8 Å². The third-order valence-corrected chi connectivity index (χ3v) is 4.15. The summed E-state index contributed by atoms with van der Waals surface area (Å²) < 4.78 is 0. The average molecular weight is 272 g/mol. The van der Waals surface area contributed by atoms with Crippen LogP contribution in [0.5, 0.6) is 0 Å². The van der Waals surface area contributed by atoms with E-state index in [4.69, 9.17) is 23.2 Å². The lowest BCUT2D eigenvalue weighted by Gasteiger charge is -2.20. The molecule has 2 unspecified atom stereocenters. The van der Waals surface area contributed by atoms with E-state index < -0.39 is 0 Å². The van der Waals surface area contributed by atoms with Gasteiger partial charge in [0.05, 0.1) is 10.7 Å². The number of halogens is 2. The second-order valence-electron chi connectivity index (χ2n) is 5.92. The van der Waals surface area contributed by atoms with E-state index in [0.29, 0.717) is 27.4 Å². The molecule has 0 aromatic heterocycles. The molecule has 94 valence electrons. The van der Waals surface area contributed by atoms with Gasteiger partial charge < -0.3 is 5.32 Å². The minimum Gasteiger partial charge on any atom is -0.381 e. The number of anilines is 1. The summed E-state index contributed by atoms with van der Waals surface area (Å²) in [6.45, 7) is 6.96. The van der Waals surface area contributed by atoms with E-state index in [1.54, 1.807) is 6.07 Å². The van der Waals surface area contributed by atoms with Crippen molar-refractivity contribution < 1.29 is 0 Å². The quantitative estimate of drug-likeness (QED) is 0.777. The van der Waals surface area contributed by atoms with Crippen LogP contribution in [0.25, 0.3) is 0 Å². The highest BCUT2D eigenvalue weighted by Crippen LogP contribution is 2.42. The molecule has 0 heterocycles. The molecule has 17 heavy (non-hydrogen) atoms. The summed E-state index contributed by atoms with van der Waals surface area (Å²) in [5.41, 5.74) is 1.42. The van der Waals surface area contributed by atoms with Crippen molar-refractivity contribution in [3.05, 3.63) is 28.2 Å².